The number of aromatic nitrogens is 5. The van der Waals surface area contributed by atoms with Crippen LogP contribution in [0.2, 0.25) is 0 Å². The normalized spacial score (nSPS) is 11.8. The van der Waals surface area contributed by atoms with Gasteiger partial charge in [0, 0.05) is 72.0 Å². The fourth-order valence-corrected chi connectivity index (χ4v) is 7.06. The molecule has 9 nitrogen and oxygen atoms in total. The van der Waals surface area contributed by atoms with Crippen LogP contribution in [0.15, 0.2) is 122 Å². The van der Waals surface area contributed by atoms with E-state index in [0.29, 0.717) is 52.2 Å². The van der Waals surface area contributed by atoms with Crippen LogP contribution in [-0.4, -0.2) is 24.5 Å². The Labute approximate surface area is 345 Å². The summed E-state index contributed by atoms with van der Waals surface area (Å²) in [5.74, 6) is 6.05. The molecule has 4 aromatic heterocycles. The Hall–Kier alpha value is -6.74. The quantitative estimate of drug-likeness (QED) is 0.128. The van der Waals surface area contributed by atoms with Crippen LogP contribution in [0.5, 0.6) is 46.3 Å². The first-order chi connectivity index (χ1) is 28.3. The molecule has 9 heteroatoms. The molecule has 0 unspecified atom stereocenters. The predicted molar refractivity (Wildman–Crippen MR) is 234 cm³/mol. The molecular formula is C50H49N5O4. The van der Waals surface area contributed by atoms with E-state index in [0.717, 1.165) is 49.6 Å². The first-order valence-electron chi connectivity index (χ1n) is 20.0. The minimum Gasteiger partial charge on any atom is -0.457 e. The highest BCUT2D eigenvalue weighted by molar-refractivity contribution is 6.09. The van der Waals surface area contributed by atoms with Crippen LogP contribution in [0, 0.1) is 13.8 Å². The SMILES string of the molecule is Cc1ccnc(Oc2ccc(C(C)C)c(Oc3ccc4c5ccc(Oc6cc(Oc7cc(C)ccn7)ccc6C(C)C)cc5n(-c5ncc(C(C)(C)C)cn5)c4c3)c2)c1. The van der Waals surface area contributed by atoms with Gasteiger partial charge < -0.3 is 18.9 Å². The fraction of sp³-hybridized carbons (Fsp3) is 0.240. The van der Waals surface area contributed by atoms with E-state index in [1.165, 1.54) is 0 Å². The van der Waals surface area contributed by atoms with Crippen molar-refractivity contribution in [1.82, 2.24) is 24.5 Å². The minimum absolute atomic E-state index is 0.106. The number of aryl methyl sites for hydroxylation is 2. The fourth-order valence-electron chi connectivity index (χ4n) is 7.06. The number of ether oxygens (including phenoxy) is 4. The molecule has 298 valence electrons. The van der Waals surface area contributed by atoms with Crippen molar-refractivity contribution in [2.24, 2.45) is 0 Å². The lowest BCUT2D eigenvalue weighted by Crippen LogP contribution is -2.13. The minimum atomic E-state index is -0.106. The van der Waals surface area contributed by atoms with Gasteiger partial charge in [0.1, 0.15) is 34.5 Å². The largest absolute Gasteiger partial charge is 0.457 e. The summed E-state index contributed by atoms with van der Waals surface area (Å²) < 4.78 is 27.9. The van der Waals surface area contributed by atoms with Crippen molar-refractivity contribution in [3.8, 4) is 52.2 Å². The van der Waals surface area contributed by atoms with Gasteiger partial charge in [0.2, 0.25) is 17.7 Å². The molecule has 0 aliphatic rings. The van der Waals surface area contributed by atoms with E-state index in [-0.39, 0.29) is 17.3 Å². The maximum atomic E-state index is 6.73. The van der Waals surface area contributed by atoms with Gasteiger partial charge >= 0.3 is 0 Å². The van der Waals surface area contributed by atoms with Crippen LogP contribution in [0.25, 0.3) is 27.8 Å². The smallest absolute Gasteiger partial charge is 0.234 e. The van der Waals surface area contributed by atoms with Crippen LogP contribution < -0.4 is 18.9 Å². The third-order valence-electron chi connectivity index (χ3n) is 10.3. The lowest BCUT2D eigenvalue weighted by molar-refractivity contribution is 0.444. The molecule has 0 spiro atoms. The van der Waals surface area contributed by atoms with Crippen LogP contribution >= 0.6 is 0 Å². The molecule has 0 saturated carbocycles. The maximum Gasteiger partial charge on any atom is 0.234 e. The average Bonchev–Trinajstić information content (AvgIpc) is 3.50. The molecule has 0 aliphatic heterocycles. The Morgan fingerprint density at radius 3 is 1.32 bits per heavy atom. The number of pyridine rings is 2. The summed E-state index contributed by atoms with van der Waals surface area (Å²) in [6, 6.07) is 31.9. The second-order valence-electron chi connectivity index (χ2n) is 16.7. The highest BCUT2D eigenvalue weighted by atomic mass is 16.5. The van der Waals surface area contributed by atoms with Crippen molar-refractivity contribution in [3.05, 3.63) is 150 Å². The molecule has 0 amide bonds. The summed E-state index contributed by atoms with van der Waals surface area (Å²) in [5, 5.41) is 2.05. The molecule has 0 N–H and O–H groups in total. The lowest BCUT2D eigenvalue weighted by Gasteiger charge is -2.18. The average molecular weight is 784 g/mol. The molecule has 0 radical (unpaired) electrons. The predicted octanol–water partition coefficient (Wildman–Crippen LogP) is 13.7. The standard InChI is InChI=1S/C50H49N5O4/c1-30(2)39-14-10-37(58-47-22-32(5)18-20-51-47)26-45(39)56-35-12-16-41-42-17-13-36(25-44(42)55(43(41)24-35)49-53-28-34(29-54-49)50(7,8)9)57-46-27-38(11-15-40(46)31(3)4)59-48-23-33(6)19-21-52-48/h10-31H,1-9H3. The van der Waals surface area contributed by atoms with Gasteiger partial charge in [0.15, 0.2) is 0 Å². The van der Waals surface area contributed by atoms with Crippen molar-refractivity contribution in [3.63, 3.8) is 0 Å². The van der Waals surface area contributed by atoms with E-state index in [1.807, 2.05) is 99.0 Å². The number of benzene rings is 4. The molecule has 0 fully saturated rings. The molecular weight excluding hydrogens is 735 g/mol. The number of nitrogens with zero attached hydrogens (tertiary/aromatic N) is 5. The van der Waals surface area contributed by atoms with E-state index in [9.17, 15) is 0 Å². The van der Waals surface area contributed by atoms with E-state index >= 15 is 0 Å². The van der Waals surface area contributed by atoms with Gasteiger partial charge in [-0.1, -0.05) is 60.6 Å². The molecule has 8 rings (SSSR count). The Bertz CT molecular complexity index is 2640. The highest BCUT2D eigenvalue weighted by Crippen LogP contribution is 2.41. The van der Waals surface area contributed by atoms with Crippen LogP contribution in [0.4, 0.5) is 0 Å². The van der Waals surface area contributed by atoms with E-state index in [4.69, 9.17) is 28.9 Å². The van der Waals surface area contributed by atoms with Crippen LogP contribution in [0.3, 0.4) is 0 Å². The van der Waals surface area contributed by atoms with Gasteiger partial charge in [-0.15, -0.1) is 0 Å². The summed E-state index contributed by atoms with van der Waals surface area (Å²) in [5.41, 5.74) is 6.98. The number of hydrogen-bond acceptors (Lipinski definition) is 8. The summed E-state index contributed by atoms with van der Waals surface area (Å²) in [4.78, 5) is 18.6. The highest BCUT2D eigenvalue weighted by Gasteiger charge is 2.21. The van der Waals surface area contributed by atoms with Gasteiger partial charge in [-0.3, -0.25) is 4.57 Å². The Balaban J connectivity index is 1.21. The molecule has 0 atom stereocenters. The topological polar surface area (TPSA) is 93.4 Å². The van der Waals surface area contributed by atoms with Gasteiger partial charge in [-0.2, -0.15) is 0 Å². The second-order valence-corrected chi connectivity index (χ2v) is 16.7. The summed E-state index contributed by atoms with van der Waals surface area (Å²) >= 11 is 0. The number of hydrogen-bond donors (Lipinski definition) is 0. The van der Waals surface area contributed by atoms with Crippen molar-refractivity contribution < 1.29 is 18.9 Å². The monoisotopic (exact) mass is 783 g/mol. The molecule has 0 aliphatic carbocycles. The van der Waals surface area contributed by atoms with E-state index in [2.05, 4.69) is 87.3 Å². The van der Waals surface area contributed by atoms with Crippen molar-refractivity contribution in [2.45, 2.75) is 79.6 Å². The molecule has 0 bridgehead atoms. The molecule has 8 aromatic rings. The lowest BCUT2D eigenvalue weighted by atomic mass is 9.89. The van der Waals surface area contributed by atoms with E-state index in [1.54, 1.807) is 12.4 Å². The Morgan fingerprint density at radius 1 is 0.492 bits per heavy atom. The molecule has 4 aromatic carbocycles. The zero-order valence-corrected chi connectivity index (χ0v) is 35.1. The molecule has 4 heterocycles. The molecule has 0 saturated heterocycles. The van der Waals surface area contributed by atoms with Crippen molar-refractivity contribution >= 4 is 21.8 Å². The van der Waals surface area contributed by atoms with Gasteiger partial charge in [-0.05, 0) is 107 Å². The van der Waals surface area contributed by atoms with Crippen LogP contribution in [-0.2, 0) is 5.41 Å². The Morgan fingerprint density at radius 2 is 0.915 bits per heavy atom. The summed E-state index contributed by atoms with van der Waals surface area (Å²) in [6.45, 7) is 19.1. The summed E-state index contributed by atoms with van der Waals surface area (Å²) in [6.07, 6.45) is 7.31. The number of rotatable bonds is 11. The van der Waals surface area contributed by atoms with Crippen LogP contribution in [0.1, 0.15) is 88.1 Å². The van der Waals surface area contributed by atoms with Gasteiger partial charge in [-0.25, -0.2) is 19.9 Å². The Kier molecular flexibility index (Phi) is 10.5. The summed E-state index contributed by atoms with van der Waals surface area (Å²) in [7, 11) is 0. The first-order valence-corrected chi connectivity index (χ1v) is 20.0. The van der Waals surface area contributed by atoms with Gasteiger partial charge in [0.05, 0.1) is 11.0 Å². The van der Waals surface area contributed by atoms with E-state index < -0.39 is 0 Å². The van der Waals surface area contributed by atoms with Crippen molar-refractivity contribution in [1.29, 1.82) is 0 Å². The second kappa shape index (κ2) is 15.9. The van der Waals surface area contributed by atoms with Crippen molar-refractivity contribution in [2.75, 3.05) is 0 Å². The number of fused-ring (bicyclic) bond motifs is 3. The third-order valence-corrected chi connectivity index (χ3v) is 10.3. The third kappa shape index (κ3) is 8.46. The molecule has 59 heavy (non-hydrogen) atoms. The first kappa shape index (κ1) is 39.1. The van der Waals surface area contributed by atoms with Gasteiger partial charge in [0.25, 0.3) is 0 Å². The maximum absolute atomic E-state index is 6.73. The zero-order chi connectivity index (χ0) is 41.4. The zero-order valence-electron chi connectivity index (χ0n) is 35.1.